The standard InChI is InChI=1S/C23H35N5O/c1-3-27(19-11-15-25(2)16-12-19)23(29)18-28-21-10-6-5-9-20(21)24-22(28)17-26-13-7-4-8-14-26/h5-6,9-10,19H,3-4,7-8,11-18H2,1-2H3. The van der Waals surface area contributed by atoms with Crippen LogP contribution in [0.5, 0.6) is 0 Å². The van der Waals surface area contributed by atoms with Crippen LogP contribution in [-0.4, -0.2) is 76.0 Å². The summed E-state index contributed by atoms with van der Waals surface area (Å²) in [5.74, 6) is 1.26. The summed E-state index contributed by atoms with van der Waals surface area (Å²) < 4.78 is 2.17. The molecule has 4 rings (SSSR count). The Kier molecular flexibility index (Phi) is 6.50. The van der Waals surface area contributed by atoms with Crippen molar-refractivity contribution in [1.82, 2.24) is 24.3 Å². The van der Waals surface area contributed by atoms with E-state index in [1.54, 1.807) is 0 Å². The number of hydrogen-bond acceptors (Lipinski definition) is 4. The number of benzene rings is 1. The van der Waals surface area contributed by atoms with Gasteiger partial charge in [-0.25, -0.2) is 4.98 Å². The first-order valence-corrected chi connectivity index (χ1v) is 11.3. The van der Waals surface area contributed by atoms with E-state index in [1.165, 1.54) is 19.3 Å². The summed E-state index contributed by atoms with van der Waals surface area (Å²) in [5.41, 5.74) is 2.07. The molecule has 3 heterocycles. The van der Waals surface area contributed by atoms with E-state index in [9.17, 15) is 4.79 Å². The van der Waals surface area contributed by atoms with Gasteiger partial charge in [-0.05, 0) is 78.0 Å². The maximum atomic E-state index is 13.4. The van der Waals surface area contributed by atoms with Gasteiger partial charge in [0.1, 0.15) is 12.4 Å². The number of amides is 1. The van der Waals surface area contributed by atoms with E-state index in [2.05, 4.69) is 45.4 Å². The van der Waals surface area contributed by atoms with Gasteiger partial charge in [0.2, 0.25) is 5.91 Å². The number of aromatic nitrogens is 2. The Morgan fingerprint density at radius 2 is 1.83 bits per heavy atom. The molecule has 6 nitrogen and oxygen atoms in total. The van der Waals surface area contributed by atoms with E-state index in [1.807, 2.05) is 12.1 Å². The summed E-state index contributed by atoms with van der Waals surface area (Å²) in [5, 5.41) is 0. The smallest absolute Gasteiger partial charge is 0.242 e. The number of fused-ring (bicyclic) bond motifs is 1. The first-order chi connectivity index (χ1) is 14.2. The van der Waals surface area contributed by atoms with Crippen LogP contribution >= 0.6 is 0 Å². The molecule has 1 amide bonds. The third kappa shape index (κ3) is 4.64. The molecule has 2 saturated heterocycles. The highest BCUT2D eigenvalue weighted by molar-refractivity contribution is 5.81. The van der Waals surface area contributed by atoms with Crippen LogP contribution < -0.4 is 0 Å². The molecular weight excluding hydrogens is 362 g/mol. The lowest BCUT2D eigenvalue weighted by atomic mass is 10.0. The molecule has 6 heteroatoms. The molecule has 0 aliphatic carbocycles. The lowest BCUT2D eigenvalue weighted by molar-refractivity contribution is -0.134. The summed E-state index contributed by atoms with van der Waals surface area (Å²) in [7, 11) is 2.17. The number of piperidine rings is 2. The van der Waals surface area contributed by atoms with Crippen molar-refractivity contribution in [3.8, 4) is 0 Å². The highest BCUT2D eigenvalue weighted by Gasteiger charge is 2.27. The van der Waals surface area contributed by atoms with E-state index in [0.717, 1.165) is 69.0 Å². The molecule has 1 aromatic carbocycles. The minimum absolute atomic E-state index is 0.227. The van der Waals surface area contributed by atoms with Crippen molar-refractivity contribution in [2.45, 2.75) is 58.2 Å². The van der Waals surface area contributed by atoms with Gasteiger partial charge in [0, 0.05) is 12.6 Å². The minimum atomic E-state index is 0.227. The molecule has 0 radical (unpaired) electrons. The number of carbonyl (C=O) groups excluding carboxylic acids is 1. The maximum Gasteiger partial charge on any atom is 0.242 e. The number of carbonyl (C=O) groups is 1. The topological polar surface area (TPSA) is 44.6 Å². The summed E-state index contributed by atoms with van der Waals surface area (Å²) in [4.78, 5) is 25.2. The van der Waals surface area contributed by atoms with E-state index in [-0.39, 0.29) is 5.91 Å². The largest absolute Gasteiger partial charge is 0.338 e. The third-order valence-electron chi connectivity index (χ3n) is 6.63. The predicted molar refractivity (Wildman–Crippen MR) is 117 cm³/mol. The van der Waals surface area contributed by atoms with Crippen molar-refractivity contribution in [3.05, 3.63) is 30.1 Å². The average molecular weight is 398 g/mol. The Morgan fingerprint density at radius 3 is 2.55 bits per heavy atom. The summed E-state index contributed by atoms with van der Waals surface area (Å²) in [6.07, 6.45) is 5.99. The van der Waals surface area contributed by atoms with E-state index in [0.29, 0.717) is 12.6 Å². The monoisotopic (exact) mass is 397 g/mol. The predicted octanol–water partition coefficient (Wildman–Crippen LogP) is 2.96. The van der Waals surface area contributed by atoms with Crippen LogP contribution in [0, 0.1) is 0 Å². The molecule has 29 heavy (non-hydrogen) atoms. The van der Waals surface area contributed by atoms with Crippen molar-refractivity contribution >= 4 is 16.9 Å². The Hall–Kier alpha value is -1.92. The highest BCUT2D eigenvalue weighted by Crippen LogP contribution is 2.21. The van der Waals surface area contributed by atoms with Gasteiger partial charge in [0.15, 0.2) is 0 Å². The van der Waals surface area contributed by atoms with Crippen molar-refractivity contribution in [2.24, 2.45) is 0 Å². The molecule has 2 aromatic rings. The van der Waals surface area contributed by atoms with Gasteiger partial charge in [-0.2, -0.15) is 0 Å². The minimum Gasteiger partial charge on any atom is -0.338 e. The molecule has 0 spiro atoms. The molecule has 2 aliphatic heterocycles. The van der Waals surface area contributed by atoms with Crippen LogP contribution in [0.3, 0.4) is 0 Å². The highest BCUT2D eigenvalue weighted by atomic mass is 16.2. The number of para-hydroxylation sites is 2. The van der Waals surface area contributed by atoms with Crippen LogP contribution in [0.25, 0.3) is 11.0 Å². The lowest BCUT2D eigenvalue weighted by Crippen LogP contribution is -2.47. The number of nitrogens with zero attached hydrogens (tertiary/aromatic N) is 5. The molecular formula is C23H35N5O. The number of imidazole rings is 1. The molecule has 2 fully saturated rings. The van der Waals surface area contributed by atoms with Gasteiger partial charge in [-0.15, -0.1) is 0 Å². The summed E-state index contributed by atoms with van der Waals surface area (Å²) >= 11 is 0. The lowest BCUT2D eigenvalue weighted by Gasteiger charge is -2.37. The maximum absolute atomic E-state index is 13.4. The van der Waals surface area contributed by atoms with Crippen LogP contribution in [-0.2, 0) is 17.9 Å². The first kappa shape index (κ1) is 20.4. The van der Waals surface area contributed by atoms with Crippen LogP contribution in [0.1, 0.15) is 44.9 Å². The number of hydrogen-bond donors (Lipinski definition) is 0. The van der Waals surface area contributed by atoms with Gasteiger partial charge in [-0.1, -0.05) is 18.6 Å². The Morgan fingerprint density at radius 1 is 1.10 bits per heavy atom. The zero-order chi connectivity index (χ0) is 20.2. The van der Waals surface area contributed by atoms with E-state index < -0.39 is 0 Å². The number of likely N-dealkylation sites (tertiary alicyclic amines) is 2. The fourth-order valence-electron chi connectivity index (χ4n) is 4.91. The van der Waals surface area contributed by atoms with Crippen molar-refractivity contribution in [2.75, 3.05) is 39.8 Å². The zero-order valence-corrected chi connectivity index (χ0v) is 18.0. The Bertz CT molecular complexity index is 818. The van der Waals surface area contributed by atoms with Gasteiger partial charge >= 0.3 is 0 Å². The zero-order valence-electron chi connectivity index (χ0n) is 18.0. The SMILES string of the molecule is CCN(C(=O)Cn1c(CN2CCCCC2)nc2ccccc21)C1CCN(C)CC1. The molecule has 0 saturated carbocycles. The normalized spacial score (nSPS) is 19.7. The molecule has 2 aliphatic rings. The van der Waals surface area contributed by atoms with Crippen molar-refractivity contribution < 1.29 is 4.79 Å². The van der Waals surface area contributed by atoms with Crippen LogP contribution in [0.4, 0.5) is 0 Å². The van der Waals surface area contributed by atoms with Crippen LogP contribution in [0.15, 0.2) is 24.3 Å². The first-order valence-electron chi connectivity index (χ1n) is 11.3. The number of rotatable bonds is 6. The molecule has 0 atom stereocenters. The Labute approximate surface area is 174 Å². The van der Waals surface area contributed by atoms with E-state index in [4.69, 9.17) is 4.98 Å². The fraction of sp³-hybridized carbons (Fsp3) is 0.652. The summed E-state index contributed by atoms with van der Waals surface area (Å²) in [6, 6.07) is 8.60. The number of likely N-dealkylation sites (N-methyl/N-ethyl adjacent to an activating group) is 1. The summed E-state index contributed by atoms with van der Waals surface area (Å²) in [6.45, 7) is 8.53. The Balaban J connectivity index is 1.55. The van der Waals surface area contributed by atoms with Gasteiger partial charge in [0.25, 0.3) is 0 Å². The van der Waals surface area contributed by atoms with Gasteiger partial charge < -0.3 is 14.4 Å². The quantitative estimate of drug-likeness (QED) is 0.752. The van der Waals surface area contributed by atoms with Gasteiger partial charge in [0.05, 0.1) is 17.6 Å². The van der Waals surface area contributed by atoms with Crippen molar-refractivity contribution in [3.63, 3.8) is 0 Å². The van der Waals surface area contributed by atoms with Crippen molar-refractivity contribution in [1.29, 1.82) is 0 Å². The average Bonchev–Trinajstić information content (AvgIpc) is 3.08. The molecule has 1 aromatic heterocycles. The molecule has 0 N–H and O–H groups in total. The fourth-order valence-corrected chi connectivity index (χ4v) is 4.91. The second-order valence-electron chi connectivity index (χ2n) is 8.65. The molecule has 158 valence electrons. The van der Waals surface area contributed by atoms with Gasteiger partial charge in [-0.3, -0.25) is 9.69 Å². The third-order valence-corrected chi connectivity index (χ3v) is 6.63. The molecule has 0 bridgehead atoms. The second-order valence-corrected chi connectivity index (χ2v) is 8.65. The van der Waals surface area contributed by atoms with Crippen LogP contribution in [0.2, 0.25) is 0 Å². The van der Waals surface area contributed by atoms with E-state index >= 15 is 0 Å². The molecule has 0 unspecified atom stereocenters. The second kappa shape index (κ2) is 9.26.